The van der Waals surface area contributed by atoms with E-state index < -0.39 is 0 Å². The molecule has 1 rings (SSSR count). The summed E-state index contributed by atoms with van der Waals surface area (Å²) in [6, 6.07) is 0. The van der Waals surface area contributed by atoms with Gasteiger partial charge in [-0.1, -0.05) is 0 Å². The topological polar surface area (TPSA) is 59.6 Å². The molecule has 0 saturated heterocycles. The fraction of sp³-hybridized carbons (Fsp3) is 0.538. The molecular formula is C13H20N2O3S2. The van der Waals surface area contributed by atoms with Crippen molar-refractivity contribution in [2.75, 3.05) is 32.7 Å². The number of aryl methyl sites for hydroxylation is 1. The summed E-state index contributed by atoms with van der Waals surface area (Å²) in [6.07, 6.45) is 0.866. The largest absolute Gasteiger partial charge is 0.465 e. The van der Waals surface area contributed by atoms with E-state index in [9.17, 15) is 4.79 Å². The number of ether oxygens (including phenoxy) is 2. The lowest BCUT2D eigenvalue weighted by Gasteiger charge is -2.10. The molecule has 0 aliphatic rings. The highest BCUT2D eigenvalue weighted by Crippen LogP contribution is 2.32. The van der Waals surface area contributed by atoms with Crippen LogP contribution >= 0.6 is 23.6 Å². The third-order valence-corrected chi connectivity index (χ3v) is 4.18. The van der Waals surface area contributed by atoms with E-state index in [1.165, 1.54) is 18.4 Å². The van der Waals surface area contributed by atoms with E-state index in [4.69, 9.17) is 21.7 Å². The zero-order valence-corrected chi connectivity index (χ0v) is 13.8. The number of carbonyl (C=O) groups is 1. The molecule has 0 amide bonds. The fourth-order valence-electron chi connectivity index (χ4n) is 1.63. The van der Waals surface area contributed by atoms with Crippen LogP contribution in [-0.4, -0.2) is 38.5 Å². The van der Waals surface area contributed by atoms with Crippen molar-refractivity contribution in [3.05, 3.63) is 16.0 Å². The van der Waals surface area contributed by atoms with Crippen molar-refractivity contribution >= 4 is 39.6 Å². The first kappa shape index (κ1) is 16.9. The molecule has 0 unspecified atom stereocenters. The number of thiophene rings is 1. The molecule has 20 heavy (non-hydrogen) atoms. The summed E-state index contributed by atoms with van der Waals surface area (Å²) in [4.78, 5) is 12.9. The van der Waals surface area contributed by atoms with Crippen molar-refractivity contribution in [1.82, 2.24) is 5.32 Å². The average molecular weight is 316 g/mol. The van der Waals surface area contributed by atoms with Gasteiger partial charge in [-0.25, -0.2) is 4.79 Å². The Hall–Kier alpha value is -1.18. The molecule has 0 aliphatic carbocycles. The maximum absolute atomic E-state index is 11.8. The van der Waals surface area contributed by atoms with Crippen LogP contribution in [0, 0.1) is 13.8 Å². The number of hydrogen-bond acceptors (Lipinski definition) is 5. The van der Waals surface area contributed by atoms with E-state index in [2.05, 4.69) is 10.6 Å². The lowest BCUT2D eigenvalue weighted by molar-refractivity contribution is 0.0601. The second-order valence-corrected chi connectivity index (χ2v) is 5.84. The van der Waals surface area contributed by atoms with Gasteiger partial charge in [-0.2, -0.15) is 0 Å². The minimum atomic E-state index is -0.350. The van der Waals surface area contributed by atoms with Gasteiger partial charge in [0.15, 0.2) is 5.11 Å². The molecule has 0 aliphatic heterocycles. The molecule has 5 nitrogen and oxygen atoms in total. The summed E-state index contributed by atoms with van der Waals surface area (Å²) < 4.78 is 9.78. The Balaban J connectivity index is 2.70. The lowest BCUT2D eigenvalue weighted by atomic mass is 10.1. The zero-order chi connectivity index (χ0) is 15.1. The van der Waals surface area contributed by atoms with Crippen LogP contribution in [0.5, 0.6) is 0 Å². The molecule has 0 fully saturated rings. The Bertz CT molecular complexity index is 486. The Kier molecular flexibility index (Phi) is 6.90. The number of rotatable bonds is 6. The lowest BCUT2D eigenvalue weighted by Crippen LogP contribution is -2.30. The summed E-state index contributed by atoms with van der Waals surface area (Å²) in [5.74, 6) is -0.350. The van der Waals surface area contributed by atoms with Crippen molar-refractivity contribution < 1.29 is 14.3 Å². The van der Waals surface area contributed by atoms with Gasteiger partial charge in [0, 0.05) is 25.1 Å². The SMILES string of the molecule is COCCCNC(=S)Nc1sc(C)c(C)c1C(=O)OC. The summed E-state index contributed by atoms with van der Waals surface area (Å²) in [7, 11) is 3.04. The highest BCUT2D eigenvalue weighted by atomic mass is 32.1. The predicted octanol–water partition coefficient (Wildman–Crippen LogP) is 2.47. The molecule has 1 aromatic rings. The summed E-state index contributed by atoms with van der Waals surface area (Å²) >= 11 is 6.70. The van der Waals surface area contributed by atoms with Crippen LogP contribution in [0.1, 0.15) is 27.2 Å². The van der Waals surface area contributed by atoms with E-state index >= 15 is 0 Å². The van der Waals surface area contributed by atoms with Gasteiger partial charge < -0.3 is 20.1 Å². The molecule has 1 aromatic heterocycles. The van der Waals surface area contributed by atoms with E-state index in [-0.39, 0.29) is 5.97 Å². The molecule has 0 aromatic carbocycles. The Morgan fingerprint density at radius 1 is 1.35 bits per heavy atom. The number of anilines is 1. The van der Waals surface area contributed by atoms with Crippen LogP contribution in [0.25, 0.3) is 0 Å². The molecule has 0 bridgehead atoms. The summed E-state index contributed by atoms with van der Waals surface area (Å²) in [6.45, 7) is 5.27. The van der Waals surface area contributed by atoms with Gasteiger partial charge in [0.05, 0.1) is 12.7 Å². The van der Waals surface area contributed by atoms with Crippen molar-refractivity contribution in [2.24, 2.45) is 0 Å². The highest BCUT2D eigenvalue weighted by molar-refractivity contribution is 7.80. The Morgan fingerprint density at radius 3 is 2.65 bits per heavy atom. The minimum absolute atomic E-state index is 0.350. The van der Waals surface area contributed by atoms with Crippen LogP contribution in [0.4, 0.5) is 5.00 Å². The van der Waals surface area contributed by atoms with E-state index in [1.807, 2.05) is 13.8 Å². The predicted molar refractivity (Wildman–Crippen MR) is 85.8 cm³/mol. The number of esters is 1. The normalized spacial score (nSPS) is 10.2. The van der Waals surface area contributed by atoms with Crippen LogP contribution in [0.2, 0.25) is 0 Å². The van der Waals surface area contributed by atoms with Gasteiger partial charge in [-0.3, -0.25) is 0 Å². The first-order chi connectivity index (χ1) is 9.51. The van der Waals surface area contributed by atoms with Crippen LogP contribution < -0.4 is 10.6 Å². The van der Waals surface area contributed by atoms with Crippen LogP contribution in [0.15, 0.2) is 0 Å². The Morgan fingerprint density at radius 2 is 2.05 bits per heavy atom. The Labute approximate surface area is 128 Å². The third-order valence-electron chi connectivity index (χ3n) is 2.81. The van der Waals surface area contributed by atoms with E-state index in [1.54, 1.807) is 7.11 Å². The number of hydrogen-bond donors (Lipinski definition) is 2. The third kappa shape index (κ3) is 4.43. The van der Waals surface area contributed by atoms with Crippen molar-refractivity contribution in [3.8, 4) is 0 Å². The monoisotopic (exact) mass is 316 g/mol. The van der Waals surface area contributed by atoms with Crippen molar-refractivity contribution in [1.29, 1.82) is 0 Å². The molecule has 0 radical (unpaired) electrons. The van der Waals surface area contributed by atoms with Gasteiger partial charge in [-0.15, -0.1) is 11.3 Å². The minimum Gasteiger partial charge on any atom is -0.465 e. The quantitative estimate of drug-likeness (QED) is 0.478. The summed E-state index contributed by atoms with van der Waals surface area (Å²) in [5.41, 5.74) is 1.47. The van der Waals surface area contributed by atoms with Gasteiger partial charge in [0.2, 0.25) is 0 Å². The van der Waals surface area contributed by atoms with Gasteiger partial charge >= 0.3 is 5.97 Å². The van der Waals surface area contributed by atoms with Crippen molar-refractivity contribution in [2.45, 2.75) is 20.3 Å². The molecule has 112 valence electrons. The molecule has 2 N–H and O–H groups in total. The first-order valence-corrected chi connectivity index (χ1v) is 7.45. The standard InChI is InChI=1S/C13H20N2O3S2/c1-8-9(2)20-11(10(8)12(16)18-4)15-13(19)14-6-5-7-17-3/h5-7H2,1-4H3,(H2,14,15,19). The van der Waals surface area contributed by atoms with Gasteiger partial charge in [0.1, 0.15) is 5.00 Å². The van der Waals surface area contributed by atoms with Crippen LogP contribution in [0.3, 0.4) is 0 Å². The first-order valence-electron chi connectivity index (χ1n) is 6.23. The van der Waals surface area contributed by atoms with Crippen LogP contribution in [-0.2, 0) is 9.47 Å². The number of thiocarbonyl (C=S) groups is 1. The van der Waals surface area contributed by atoms with E-state index in [0.717, 1.165) is 28.4 Å². The second-order valence-electron chi connectivity index (χ2n) is 4.21. The van der Waals surface area contributed by atoms with Gasteiger partial charge in [-0.05, 0) is 38.0 Å². The molecule has 1 heterocycles. The van der Waals surface area contributed by atoms with Gasteiger partial charge in [0.25, 0.3) is 0 Å². The smallest absolute Gasteiger partial charge is 0.341 e. The number of methoxy groups -OCH3 is 2. The fourth-order valence-corrected chi connectivity index (χ4v) is 2.95. The molecule has 0 saturated carbocycles. The molecule has 7 heteroatoms. The molecule has 0 spiro atoms. The number of carbonyl (C=O) groups excluding carboxylic acids is 1. The average Bonchev–Trinajstić information content (AvgIpc) is 2.69. The van der Waals surface area contributed by atoms with Crippen molar-refractivity contribution in [3.63, 3.8) is 0 Å². The maximum atomic E-state index is 11.8. The highest BCUT2D eigenvalue weighted by Gasteiger charge is 2.20. The zero-order valence-electron chi connectivity index (χ0n) is 12.2. The number of nitrogens with one attached hydrogen (secondary N) is 2. The molecule has 0 atom stereocenters. The van der Waals surface area contributed by atoms with E-state index in [0.29, 0.717) is 17.3 Å². The molecular weight excluding hydrogens is 296 g/mol. The second kappa shape index (κ2) is 8.18. The summed E-state index contributed by atoms with van der Waals surface area (Å²) in [5, 5.41) is 7.35. The maximum Gasteiger partial charge on any atom is 0.341 e.